The molecule has 5 heteroatoms. The number of fused-ring (bicyclic) bond motifs is 2. The van der Waals surface area contributed by atoms with Crippen molar-refractivity contribution < 1.29 is 4.79 Å². The summed E-state index contributed by atoms with van der Waals surface area (Å²) in [7, 11) is 0. The predicted octanol–water partition coefficient (Wildman–Crippen LogP) is 1.31. The molecule has 2 rings (SSSR count). The second-order valence-electron chi connectivity index (χ2n) is 3.77. The summed E-state index contributed by atoms with van der Waals surface area (Å²) in [5.41, 5.74) is 8.08. The van der Waals surface area contributed by atoms with Crippen molar-refractivity contribution in [2.45, 2.75) is 25.3 Å². The standard InChI is InChI=1S/C8H12N4O/c9-11-10-4-8(13)12-5-6-1-2-7(12)3-6/h6-7H,1-5H2. The number of amides is 1. The van der Waals surface area contributed by atoms with E-state index in [1.54, 1.807) is 0 Å². The van der Waals surface area contributed by atoms with Crippen LogP contribution in [0.3, 0.4) is 0 Å². The molecule has 2 atom stereocenters. The van der Waals surface area contributed by atoms with Crippen LogP contribution in [0.25, 0.3) is 10.4 Å². The molecule has 2 fully saturated rings. The van der Waals surface area contributed by atoms with Crippen molar-refractivity contribution >= 4 is 5.91 Å². The minimum absolute atomic E-state index is 0.00926. The van der Waals surface area contributed by atoms with Crippen LogP contribution in [-0.2, 0) is 4.79 Å². The molecule has 0 spiro atoms. The van der Waals surface area contributed by atoms with Gasteiger partial charge in [0.05, 0.1) is 0 Å². The van der Waals surface area contributed by atoms with Gasteiger partial charge in [-0.05, 0) is 30.7 Å². The van der Waals surface area contributed by atoms with Crippen LogP contribution in [-0.4, -0.2) is 29.9 Å². The fraction of sp³-hybridized carbons (Fsp3) is 0.875. The van der Waals surface area contributed by atoms with Crippen molar-refractivity contribution in [3.05, 3.63) is 10.4 Å². The number of piperidine rings is 1. The van der Waals surface area contributed by atoms with Crippen LogP contribution in [0.5, 0.6) is 0 Å². The molecular formula is C8H12N4O. The first-order valence-electron chi connectivity index (χ1n) is 4.61. The number of likely N-dealkylation sites (tertiary alicyclic amines) is 1. The van der Waals surface area contributed by atoms with Crippen LogP contribution in [0.1, 0.15) is 19.3 Å². The zero-order valence-electron chi connectivity index (χ0n) is 7.39. The molecule has 0 aromatic carbocycles. The zero-order valence-corrected chi connectivity index (χ0v) is 7.39. The Morgan fingerprint density at radius 1 is 1.62 bits per heavy atom. The summed E-state index contributed by atoms with van der Waals surface area (Å²) >= 11 is 0. The lowest BCUT2D eigenvalue weighted by atomic mass is 10.1. The van der Waals surface area contributed by atoms with E-state index in [1.165, 1.54) is 6.42 Å². The van der Waals surface area contributed by atoms with Gasteiger partial charge in [-0.25, -0.2) is 0 Å². The van der Waals surface area contributed by atoms with E-state index in [1.807, 2.05) is 4.90 Å². The Bertz CT molecular complexity index is 271. The number of nitrogens with zero attached hydrogens (tertiary/aromatic N) is 4. The lowest BCUT2D eigenvalue weighted by Crippen LogP contribution is -2.38. The maximum atomic E-state index is 11.5. The predicted molar refractivity (Wildman–Crippen MR) is 46.9 cm³/mol. The lowest BCUT2D eigenvalue weighted by Gasteiger charge is -2.26. The van der Waals surface area contributed by atoms with Gasteiger partial charge in [0.25, 0.3) is 0 Å². The lowest BCUT2D eigenvalue weighted by molar-refractivity contribution is -0.131. The summed E-state index contributed by atoms with van der Waals surface area (Å²) in [6, 6.07) is 0.436. The second-order valence-corrected chi connectivity index (χ2v) is 3.77. The number of hydrogen-bond donors (Lipinski definition) is 0. The van der Waals surface area contributed by atoms with Gasteiger partial charge in [0.15, 0.2) is 0 Å². The molecule has 0 N–H and O–H groups in total. The Morgan fingerprint density at radius 2 is 2.46 bits per heavy atom. The minimum atomic E-state index is -0.0142. The minimum Gasteiger partial charge on any atom is -0.339 e. The highest BCUT2D eigenvalue weighted by atomic mass is 16.2. The van der Waals surface area contributed by atoms with E-state index in [4.69, 9.17) is 5.53 Å². The third kappa shape index (κ3) is 1.47. The first-order chi connectivity index (χ1) is 6.31. The highest BCUT2D eigenvalue weighted by Crippen LogP contribution is 2.37. The molecule has 0 aromatic heterocycles. The van der Waals surface area contributed by atoms with Gasteiger partial charge in [-0.1, -0.05) is 5.11 Å². The van der Waals surface area contributed by atoms with Crippen molar-refractivity contribution in [1.29, 1.82) is 0 Å². The Balaban J connectivity index is 1.94. The quantitative estimate of drug-likeness (QED) is 0.359. The van der Waals surface area contributed by atoms with Crippen molar-refractivity contribution in [1.82, 2.24) is 4.90 Å². The molecule has 2 aliphatic rings. The average molecular weight is 180 g/mol. The van der Waals surface area contributed by atoms with Gasteiger partial charge in [0.2, 0.25) is 5.91 Å². The van der Waals surface area contributed by atoms with E-state index in [9.17, 15) is 4.79 Å². The summed E-state index contributed by atoms with van der Waals surface area (Å²) in [4.78, 5) is 15.9. The fourth-order valence-electron chi connectivity index (χ4n) is 2.41. The normalized spacial score (nSPS) is 30.3. The maximum absolute atomic E-state index is 11.5. The molecule has 1 aliphatic heterocycles. The van der Waals surface area contributed by atoms with E-state index in [2.05, 4.69) is 10.0 Å². The van der Waals surface area contributed by atoms with Gasteiger partial charge < -0.3 is 4.90 Å². The van der Waals surface area contributed by atoms with Crippen LogP contribution in [0.4, 0.5) is 0 Å². The van der Waals surface area contributed by atoms with Gasteiger partial charge >= 0.3 is 0 Å². The van der Waals surface area contributed by atoms with E-state index >= 15 is 0 Å². The molecule has 0 radical (unpaired) electrons. The molecule has 13 heavy (non-hydrogen) atoms. The maximum Gasteiger partial charge on any atom is 0.228 e. The van der Waals surface area contributed by atoms with Crippen LogP contribution >= 0.6 is 0 Å². The number of azide groups is 1. The van der Waals surface area contributed by atoms with Gasteiger partial charge in [-0.15, -0.1) is 0 Å². The highest BCUT2D eigenvalue weighted by Gasteiger charge is 2.39. The molecule has 2 unspecified atom stereocenters. The first-order valence-corrected chi connectivity index (χ1v) is 4.61. The van der Waals surface area contributed by atoms with Crippen molar-refractivity contribution in [3.8, 4) is 0 Å². The Hall–Kier alpha value is -1.22. The molecular weight excluding hydrogens is 168 g/mol. The molecule has 1 aliphatic carbocycles. The number of hydrogen-bond acceptors (Lipinski definition) is 2. The van der Waals surface area contributed by atoms with E-state index in [0.29, 0.717) is 12.0 Å². The molecule has 1 heterocycles. The highest BCUT2D eigenvalue weighted by molar-refractivity contribution is 5.79. The molecule has 1 saturated carbocycles. The average Bonchev–Trinajstić information content (AvgIpc) is 2.74. The Labute approximate surface area is 76.3 Å². The Kier molecular flexibility index (Phi) is 2.10. The van der Waals surface area contributed by atoms with Gasteiger partial charge in [0, 0.05) is 17.5 Å². The van der Waals surface area contributed by atoms with Crippen molar-refractivity contribution in [2.75, 3.05) is 13.1 Å². The molecule has 0 aromatic rings. The molecule has 1 saturated heterocycles. The summed E-state index contributed by atoms with van der Waals surface area (Å²) in [6.07, 6.45) is 3.55. The van der Waals surface area contributed by atoms with Gasteiger partial charge in [-0.2, -0.15) is 0 Å². The molecule has 1 amide bonds. The second kappa shape index (κ2) is 3.26. The van der Waals surface area contributed by atoms with E-state index < -0.39 is 0 Å². The number of rotatable bonds is 2. The third-order valence-electron chi connectivity index (χ3n) is 3.00. The van der Waals surface area contributed by atoms with Crippen LogP contribution < -0.4 is 0 Å². The number of carbonyl (C=O) groups is 1. The largest absolute Gasteiger partial charge is 0.339 e. The Morgan fingerprint density at radius 3 is 3.00 bits per heavy atom. The summed E-state index contributed by atoms with van der Waals surface area (Å²) in [5, 5.41) is 3.29. The summed E-state index contributed by atoms with van der Waals surface area (Å²) in [5.74, 6) is 0.699. The van der Waals surface area contributed by atoms with Crippen LogP contribution in [0.15, 0.2) is 5.11 Å². The molecule has 70 valence electrons. The summed E-state index contributed by atoms with van der Waals surface area (Å²) < 4.78 is 0. The van der Waals surface area contributed by atoms with Crippen molar-refractivity contribution in [2.24, 2.45) is 11.0 Å². The van der Waals surface area contributed by atoms with E-state index in [0.717, 1.165) is 19.4 Å². The monoisotopic (exact) mass is 180 g/mol. The van der Waals surface area contributed by atoms with Crippen LogP contribution in [0, 0.1) is 5.92 Å². The fourth-order valence-corrected chi connectivity index (χ4v) is 2.41. The molecule has 2 bridgehead atoms. The van der Waals surface area contributed by atoms with Crippen LogP contribution in [0.2, 0.25) is 0 Å². The zero-order chi connectivity index (χ0) is 9.26. The van der Waals surface area contributed by atoms with E-state index in [-0.39, 0.29) is 12.5 Å². The summed E-state index contributed by atoms with van der Waals surface area (Å²) in [6.45, 7) is 0.865. The van der Waals surface area contributed by atoms with Gasteiger partial charge in [0.1, 0.15) is 6.54 Å². The third-order valence-corrected chi connectivity index (χ3v) is 3.00. The topological polar surface area (TPSA) is 69.1 Å². The van der Waals surface area contributed by atoms with Crippen molar-refractivity contribution in [3.63, 3.8) is 0 Å². The molecule has 5 nitrogen and oxygen atoms in total. The van der Waals surface area contributed by atoms with Gasteiger partial charge in [-0.3, -0.25) is 4.79 Å². The smallest absolute Gasteiger partial charge is 0.228 e. The SMILES string of the molecule is [N-]=[N+]=NCC(=O)N1CC2CCC1C2. The number of carbonyl (C=O) groups excluding carboxylic acids is 1. The first kappa shape index (κ1) is 8.38.